The predicted octanol–water partition coefficient (Wildman–Crippen LogP) is 1.75. The van der Waals surface area contributed by atoms with Crippen LogP contribution in [-0.2, 0) is 11.2 Å². The highest BCUT2D eigenvalue weighted by atomic mass is 16.6. The predicted molar refractivity (Wildman–Crippen MR) is 81.4 cm³/mol. The minimum Gasteiger partial charge on any atom is -0.366 e. The average Bonchev–Trinajstić information content (AvgIpc) is 3.15. The van der Waals surface area contributed by atoms with Gasteiger partial charge in [0.1, 0.15) is 6.10 Å². The van der Waals surface area contributed by atoms with E-state index in [4.69, 9.17) is 9.26 Å². The zero-order chi connectivity index (χ0) is 17.1. The zero-order valence-corrected chi connectivity index (χ0v) is 13.0. The maximum Gasteiger partial charge on any atom is 0.273 e. The molecular formula is C15H16N4O5. The Morgan fingerprint density at radius 3 is 3.00 bits per heavy atom. The quantitative estimate of drug-likeness (QED) is 0.619. The molecule has 2 aromatic rings. The summed E-state index contributed by atoms with van der Waals surface area (Å²) in [6, 6.07) is 4.58. The van der Waals surface area contributed by atoms with Gasteiger partial charge in [0.15, 0.2) is 0 Å². The van der Waals surface area contributed by atoms with Crippen molar-refractivity contribution < 1.29 is 19.0 Å². The van der Waals surface area contributed by atoms with Gasteiger partial charge in [-0.05, 0) is 12.5 Å². The van der Waals surface area contributed by atoms with Crippen molar-refractivity contribution in [1.29, 1.82) is 0 Å². The summed E-state index contributed by atoms with van der Waals surface area (Å²) in [4.78, 5) is 28.9. The number of amides is 1. The number of aromatic nitrogens is 2. The number of carbonyl (C=O) groups is 1. The second-order valence-corrected chi connectivity index (χ2v) is 5.35. The molecule has 126 valence electrons. The van der Waals surface area contributed by atoms with Gasteiger partial charge in [-0.25, -0.2) is 0 Å². The standard InChI is InChI=1S/C15H16N4O5/c1-2-10-3-4-11(7-12(10)19(21)22)15(20)18-5-6-23-13(8-18)14-16-9-24-17-14/h3-4,7,9,13H,2,5-6,8H2,1H3/t13-/m0/s1. The summed E-state index contributed by atoms with van der Waals surface area (Å²) in [6.45, 7) is 2.83. The number of morpholine rings is 1. The Balaban J connectivity index is 1.81. The topological polar surface area (TPSA) is 112 Å². The number of benzene rings is 1. The van der Waals surface area contributed by atoms with Crippen molar-refractivity contribution in [3.63, 3.8) is 0 Å². The highest BCUT2D eigenvalue weighted by Crippen LogP contribution is 2.24. The Bertz CT molecular complexity index is 746. The molecule has 1 aromatic carbocycles. The maximum absolute atomic E-state index is 12.7. The third-order valence-corrected chi connectivity index (χ3v) is 3.93. The second-order valence-electron chi connectivity index (χ2n) is 5.35. The first-order chi connectivity index (χ1) is 11.6. The minimum absolute atomic E-state index is 0.0358. The molecule has 0 bridgehead atoms. The van der Waals surface area contributed by atoms with Gasteiger partial charge >= 0.3 is 0 Å². The fourth-order valence-electron chi connectivity index (χ4n) is 2.66. The van der Waals surface area contributed by atoms with Gasteiger partial charge in [0.2, 0.25) is 12.2 Å². The summed E-state index contributed by atoms with van der Waals surface area (Å²) in [5, 5.41) is 14.9. The molecule has 2 heterocycles. The first kappa shape index (κ1) is 16.1. The molecule has 0 saturated carbocycles. The van der Waals surface area contributed by atoms with E-state index in [1.54, 1.807) is 17.0 Å². The summed E-state index contributed by atoms with van der Waals surface area (Å²) in [6.07, 6.45) is 1.26. The Kier molecular flexibility index (Phi) is 4.52. The molecule has 1 saturated heterocycles. The molecule has 0 radical (unpaired) electrons. The summed E-state index contributed by atoms with van der Waals surface area (Å²) >= 11 is 0. The van der Waals surface area contributed by atoms with Crippen molar-refractivity contribution >= 4 is 11.6 Å². The van der Waals surface area contributed by atoms with Crippen molar-refractivity contribution in [2.24, 2.45) is 0 Å². The molecule has 24 heavy (non-hydrogen) atoms. The van der Waals surface area contributed by atoms with Gasteiger partial charge in [-0.15, -0.1) is 0 Å². The minimum atomic E-state index is -0.466. The lowest BCUT2D eigenvalue weighted by Crippen LogP contribution is -2.42. The fourth-order valence-corrected chi connectivity index (χ4v) is 2.66. The number of ether oxygens (including phenoxy) is 1. The Morgan fingerprint density at radius 2 is 2.33 bits per heavy atom. The van der Waals surface area contributed by atoms with E-state index >= 15 is 0 Å². The van der Waals surface area contributed by atoms with E-state index in [-0.39, 0.29) is 23.7 Å². The lowest BCUT2D eigenvalue weighted by atomic mass is 10.1. The molecule has 1 atom stereocenters. The van der Waals surface area contributed by atoms with Crippen LogP contribution in [-0.4, -0.2) is 45.6 Å². The largest absolute Gasteiger partial charge is 0.366 e. The molecule has 9 heteroatoms. The van der Waals surface area contributed by atoms with E-state index in [0.717, 1.165) is 0 Å². The van der Waals surface area contributed by atoms with E-state index in [9.17, 15) is 14.9 Å². The van der Waals surface area contributed by atoms with Gasteiger partial charge in [0, 0.05) is 23.7 Å². The van der Waals surface area contributed by atoms with E-state index in [2.05, 4.69) is 10.1 Å². The third-order valence-electron chi connectivity index (χ3n) is 3.93. The van der Waals surface area contributed by atoms with Gasteiger partial charge in [-0.2, -0.15) is 4.98 Å². The fraction of sp³-hybridized carbons (Fsp3) is 0.400. The van der Waals surface area contributed by atoms with E-state index in [1.807, 2.05) is 6.92 Å². The van der Waals surface area contributed by atoms with Gasteiger partial charge in [-0.1, -0.05) is 18.1 Å². The molecule has 1 aliphatic rings. The molecule has 1 aliphatic heterocycles. The van der Waals surface area contributed by atoms with Gasteiger partial charge in [-0.3, -0.25) is 14.9 Å². The first-order valence-electron chi connectivity index (χ1n) is 7.54. The number of hydrogen-bond acceptors (Lipinski definition) is 7. The second kappa shape index (κ2) is 6.75. The van der Waals surface area contributed by atoms with Crippen LogP contribution in [0, 0.1) is 10.1 Å². The van der Waals surface area contributed by atoms with Gasteiger partial charge in [0.05, 0.1) is 18.1 Å². The van der Waals surface area contributed by atoms with Gasteiger partial charge in [0.25, 0.3) is 11.6 Å². The molecule has 1 aromatic heterocycles. The lowest BCUT2D eigenvalue weighted by molar-refractivity contribution is -0.385. The molecule has 0 aliphatic carbocycles. The van der Waals surface area contributed by atoms with Crippen molar-refractivity contribution in [1.82, 2.24) is 15.0 Å². The molecule has 1 fully saturated rings. The Hall–Kier alpha value is -2.81. The van der Waals surface area contributed by atoms with Crippen LogP contribution in [0.3, 0.4) is 0 Å². The van der Waals surface area contributed by atoms with E-state index < -0.39 is 11.0 Å². The van der Waals surface area contributed by atoms with Crippen LogP contribution in [0.15, 0.2) is 29.1 Å². The van der Waals surface area contributed by atoms with Crippen molar-refractivity contribution in [2.75, 3.05) is 19.7 Å². The number of nitro groups is 1. The van der Waals surface area contributed by atoms with Gasteiger partial charge < -0.3 is 14.2 Å². The van der Waals surface area contributed by atoms with Crippen molar-refractivity contribution in [3.05, 3.63) is 51.7 Å². The first-order valence-corrected chi connectivity index (χ1v) is 7.54. The molecule has 0 unspecified atom stereocenters. The van der Waals surface area contributed by atoms with Crippen LogP contribution in [0.2, 0.25) is 0 Å². The number of hydrogen-bond donors (Lipinski definition) is 0. The third kappa shape index (κ3) is 3.11. The smallest absolute Gasteiger partial charge is 0.273 e. The van der Waals surface area contributed by atoms with E-state index in [1.165, 1.54) is 12.5 Å². The van der Waals surface area contributed by atoms with Crippen molar-refractivity contribution in [3.8, 4) is 0 Å². The Morgan fingerprint density at radius 1 is 1.50 bits per heavy atom. The molecule has 1 amide bonds. The SMILES string of the molecule is CCc1ccc(C(=O)N2CCO[C@H](c3ncon3)C2)cc1[N+](=O)[O-]. The molecule has 0 spiro atoms. The highest BCUT2D eigenvalue weighted by molar-refractivity contribution is 5.95. The Labute approximate surface area is 137 Å². The van der Waals surface area contributed by atoms with Crippen LogP contribution in [0.5, 0.6) is 0 Å². The number of carbonyl (C=O) groups excluding carboxylic acids is 1. The average molecular weight is 332 g/mol. The summed E-state index contributed by atoms with van der Waals surface area (Å²) in [5.41, 5.74) is 0.849. The van der Waals surface area contributed by atoms with Crippen LogP contribution in [0.25, 0.3) is 0 Å². The van der Waals surface area contributed by atoms with Crippen LogP contribution in [0.4, 0.5) is 5.69 Å². The highest BCUT2D eigenvalue weighted by Gasteiger charge is 2.29. The number of aryl methyl sites for hydroxylation is 1. The number of nitrogens with zero attached hydrogens (tertiary/aromatic N) is 4. The molecule has 9 nitrogen and oxygen atoms in total. The molecule has 0 N–H and O–H groups in total. The normalized spacial score (nSPS) is 17.7. The summed E-state index contributed by atoms with van der Waals surface area (Å²) < 4.78 is 10.2. The van der Waals surface area contributed by atoms with Crippen LogP contribution >= 0.6 is 0 Å². The van der Waals surface area contributed by atoms with Crippen molar-refractivity contribution in [2.45, 2.75) is 19.4 Å². The lowest BCUT2D eigenvalue weighted by Gasteiger charge is -2.31. The number of rotatable bonds is 4. The van der Waals surface area contributed by atoms with E-state index in [0.29, 0.717) is 31.0 Å². The zero-order valence-electron chi connectivity index (χ0n) is 13.0. The molecular weight excluding hydrogens is 316 g/mol. The van der Waals surface area contributed by atoms with Crippen LogP contribution in [0.1, 0.15) is 34.8 Å². The molecule has 3 rings (SSSR count). The van der Waals surface area contributed by atoms with Crippen LogP contribution < -0.4 is 0 Å². The monoisotopic (exact) mass is 332 g/mol. The maximum atomic E-state index is 12.7. The summed E-state index contributed by atoms with van der Waals surface area (Å²) in [7, 11) is 0. The number of nitro benzene ring substituents is 1. The summed E-state index contributed by atoms with van der Waals surface area (Å²) in [5.74, 6) is 0.0948.